The van der Waals surface area contributed by atoms with Crippen LogP contribution in [-0.4, -0.2) is 110 Å². The van der Waals surface area contributed by atoms with Gasteiger partial charge in [-0.2, -0.15) is 12.6 Å². The molecule has 0 atom stereocenters. The molecule has 0 aliphatic heterocycles. The number of thiol groups is 1. The lowest BCUT2D eigenvalue weighted by atomic mass is 10.4. The number of likely N-dealkylation sites (N-methyl/N-ethyl adjacent to an activating group) is 1. The molecule has 0 bridgehead atoms. The molecule has 0 aliphatic carbocycles. The van der Waals surface area contributed by atoms with Crippen molar-refractivity contribution in [3.8, 4) is 0 Å². The van der Waals surface area contributed by atoms with Crippen LogP contribution in [0.2, 0.25) is 0 Å². The van der Waals surface area contributed by atoms with Crippen LogP contribution < -0.4 is 16.0 Å². The van der Waals surface area contributed by atoms with Crippen molar-refractivity contribution >= 4 is 30.4 Å². The van der Waals surface area contributed by atoms with Crippen LogP contribution in [0.15, 0.2) is 0 Å². The van der Waals surface area contributed by atoms with Gasteiger partial charge in [-0.05, 0) is 5.75 Å². The molecule has 0 aromatic carbocycles. The maximum absolute atomic E-state index is 11.6. The van der Waals surface area contributed by atoms with Gasteiger partial charge in [0.25, 0.3) is 0 Å². The fraction of sp³-hybridized carbons (Fsp3) is 0.833. The van der Waals surface area contributed by atoms with Crippen LogP contribution in [0.1, 0.15) is 6.42 Å². The fourth-order valence-electron chi connectivity index (χ4n) is 1.83. The molecule has 30 heavy (non-hydrogen) atoms. The van der Waals surface area contributed by atoms with E-state index in [1.807, 2.05) is 0 Å². The summed E-state index contributed by atoms with van der Waals surface area (Å²) in [4.78, 5) is 33.6. The van der Waals surface area contributed by atoms with Gasteiger partial charge in [0.1, 0.15) is 13.2 Å². The van der Waals surface area contributed by atoms with E-state index < -0.39 is 0 Å². The smallest absolute Gasteiger partial charge is 0.246 e. The van der Waals surface area contributed by atoms with Crippen LogP contribution in [0, 0.1) is 0 Å². The first-order chi connectivity index (χ1) is 14.6. The minimum atomic E-state index is -0.234. The minimum Gasteiger partial charge on any atom is -0.377 e. The Kier molecular flexibility index (Phi) is 21.2. The van der Waals surface area contributed by atoms with Crippen molar-refractivity contribution in [1.29, 1.82) is 0 Å². The van der Waals surface area contributed by atoms with E-state index in [4.69, 9.17) is 23.7 Å². The quantitative estimate of drug-likeness (QED) is 0.120. The molecular formula is C18H35N3O8S. The first-order valence-electron chi connectivity index (χ1n) is 9.83. The van der Waals surface area contributed by atoms with Gasteiger partial charge in [0.05, 0.1) is 52.9 Å². The second-order valence-electron chi connectivity index (χ2n) is 5.79. The Morgan fingerprint density at radius 2 is 1.07 bits per heavy atom. The van der Waals surface area contributed by atoms with Crippen LogP contribution in [0.4, 0.5) is 0 Å². The zero-order chi connectivity index (χ0) is 22.3. The highest BCUT2D eigenvalue weighted by molar-refractivity contribution is 7.80. The molecule has 0 unspecified atom stereocenters. The monoisotopic (exact) mass is 453 g/mol. The van der Waals surface area contributed by atoms with E-state index in [2.05, 4.69) is 28.6 Å². The maximum Gasteiger partial charge on any atom is 0.246 e. The topological polar surface area (TPSA) is 133 Å². The Hall–Kier alpha value is -1.44. The second kappa shape index (κ2) is 22.2. The molecule has 176 valence electrons. The number of carbonyl (C=O) groups excluding carboxylic acids is 3. The lowest BCUT2D eigenvalue weighted by Crippen LogP contribution is -2.31. The SMILES string of the molecule is CNC(=O)COCCOCCOCCNC(=O)COCCOCCNC(=O)CCS. The Balaban J connectivity index is 3.24. The summed E-state index contributed by atoms with van der Waals surface area (Å²) in [6, 6.07) is 0. The molecule has 12 heteroatoms. The summed E-state index contributed by atoms with van der Waals surface area (Å²) in [5.41, 5.74) is 0. The normalized spacial score (nSPS) is 10.6. The summed E-state index contributed by atoms with van der Waals surface area (Å²) in [5.74, 6) is 0.0484. The Morgan fingerprint density at radius 1 is 0.633 bits per heavy atom. The van der Waals surface area contributed by atoms with Gasteiger partial charge in [-0.3, -0.25) is 14.4 Å². The molecule has 0 saturated carbocycles. The predicted octanol–water partition coefficient (Wildman–Crippen LogP) is -1.63. The van der Waals surface area contributed by atoms with Gasteiger partial charge in [-0.15, -0.1) is 0 Å². The molecular weight excluding hydrogens is 418 g/mol. The van der Waals surface area contributed by atoms with Crippen molar-refractivity contribution in [1.82, 2.24) is 16.0 Å². The molecule has 3 amide bonds. The largest absolute Gasteiger partial charge is 0.377 e. The van der Waals surface area contributed by atoms with Gasteiger partial charge in [-0.25, -0.2) is 0 Å². The molecule has 0 spiro atoms. The number of ether oxygens (including phenoxy) is 5. The van der Waals surface area contributed by atoms with E-state index in [1.165, 1.54) is 0 Å². The zero-order valence-corrected chi connectivity index (χ0v) is 18.5. The van der Waals surface area contributed by atoms with E-state index in [-0.39, 0.29) is 30.9 Å². The van der Waals surface area contributed by atoms with Crippen molar-refractivity contribution in [3.05, 3.63) is 0 Å². The van der Waals surface area contributed by atoms with Crippen molar-refractivity contribution in [2.24, 2.45) is 0 Å². The highest BCUT2D eigenvalue weighted by Gasteiger charge is 2.01. The maximum atomic E-state index is 11.6. The molecule has 0 fully saturated rings. The van der Waals surface area contributed by atoms with Crippen molar-refractivity contribution in [2.75, 3.05) is 92.0 Å². The summed E-state index contributed by atoms with van der Waals surface area (Å²) in [6.45, 7) is 3.67. The van der Waals surface area contributed by atoms with Gasteiger partial charge >= 0.3 is 0 Å². The Bertz CT molecular complexity index is 457. The fourth-order valence-corrected chi connectivity index (χ4v) is 2.03. The third-order valence-corrected chi connectivity index (χ3v) is 3.56. The third-order valence-electron chi connectivity index (χ3n) is 3.34. The Morgan fingerprint density at radius 3 is 1.57 bits per heavy atom. The Labute approximate surface area is 183 Å². The highest BCUT2D eigenvalue weighted by atomic mass is 32.1. The van der Waals surface area contributed by atoms with Gasteiger partial charge in [0.2, 0.25) is 17.7 Å². The molecule has 0 rings (SSSR count). The number of hydrogen-bond acceptors (Lipinski definition) is 9. The lowest BCUT2D eigenvalue weighted by Gasteiger charge is -2.08. The highest BCUT2D eigenvalue weighted by Crippen LogP contribution is 1.84. The van der Waals surface area contributed by atoms with Crippen LogP contribution in [0.3, 0.4) is 0 Å². The molecule has 0 radical (unpaired) electrons. The van der Waals surface area contributed by atoms with Crippen LogP contribution in [0.5, 0.6) is 0 Å². The van der Waals surface area contributed by atoms with E-state index in [9.17, 15) is 14.4 Å². The second-order valence-corrected chi connectivity index (χ2v) is 6.24. The minimum absolute atomic E-state index is 0.0173. The summed E-state index contributed by atoms with van der Waals surface area (Å²) in [6.07, 6.45) is 0.386. The molecule has 0 saturated heterocycles. The first-order valence-corrected chi connectivity index (χ1v) is 10.5. The van der Waals surface area contributed by atoms with Crippen molar-refractivity contribution in [3.63, 3.8) is 0 Å². The number of nitrogens with one attached hydrogen (secondary N) is 3. The summed E-state index contributed by atoms with van der Waals surface area (Å²) in [5, 5.41) is 7.82. The molecule has 0 aliphatic rings. The molecule has 11 nitrogen and oxygen atoms in total. The van der Waals surface area contributed by atoms with E-state index >= 15 is 0 Å². The average Bonchev–Trinajstić information content (AvgIpc) is 2.73. The van der Waals surface area contributed by atoms with E-state index in [0.29, 0.717) is 78.1 Å². The third kappa shape index (κ3) is 21.3. The zero-order valence-electron chi connectivity index (χ0n) is 17.6. The van der Waals surface area contributed by atoms with Crippen LogP contribution in [-0.2, 0) is 38.1 Å². The van der Waals surface area contributed by atoms with Gasteiger partial charge in [-0.1, -0.05) is 0 Å². The van der Waals surface area contributed by atoms with E-state index in [1.54, 1.807) is 7.05 Å². The first kappa shape index (κ1) is 28.6. The molecule has 3 N–H and O–H groups in total. The number of rotatable bonds is 21. The standard InChI is InChI=1S/C18H35N3O8S/c1-19-17(23)14-28-12-10-27-8-7-25-6-4-21-18(24)15-29-11-9-26-5-3-20-16(22)2-13-30/h30H,2-15H2,1H3,(H,19,23)(H,20,22)(H,21,24). The van der Waals surface area contributed by atoms with E-state index in [0.717, 1.165) is 0 Å². The predicted molar refractivity (Wildman–Crippen MR) is 113 cm³/mol. The average molecular weight is 454 g/mol. The molecule has 0 aromatic rings. The number of hydrogen-bond donors (Lipinski definition) is 4. The van der Waals surface area contributed by atoms with Crippen molar-refractivity contribution < 1.29 is 38.1 Å². The summed E-state index contributed by atoms with van der Waals surface area (Å²) in [7, 11) is 1.55. The summed E-state index contributed by atoms with van der Waals surface area (Å²) < 4.78 is 26.1. The van der Waals surface area contributed by atoms with Gasteiger partial charge in [0.15, 0.2) is 0 Å². The van der Waals surface area contributed by atoms with Crippen molar-refractivity contribution in [2.45, 2.75) is 6.42 Å². The lowest BCUT2D eigenvalue weighted by molar-refractivity contribution is -0.126. The molecule has 0 heterocycles. The van der Waals surface area contributed by atoms with Gasteiger partial charge < -0.3 is 39.6 Å². The molecule has 0 aromatic heterocycles. The van der Waals surface area contributed by atoms with Crippen LogP contribution >= 0.6 is 12.6 Å². The van der Waals surface area contributed by atoms with Gasteiger partial charge in [0, 0.05) is 26.6 Å². The van der Waals surface area contributed by atoms with Crippen LogP contribution in [0.25, 0.3) is 0 Å². The number of amides is 3. The number of carbonyl (C=O) groups is 3. The summed E-state index contributed by atoms with van der Waals surface area (Å²) >= 11 is 3.97.